The summed E-state index contributed by atoms with van der Waals surface area (Å²) in [6.45, 7) is 7.29. The molecule has 4 N–H and O–H groups in total. The average molecular weight is 605 g/mol. The Labute approximate surface area is 256 Å². The zero-order valence-electron chi connectivity index (χ0n) is 25.7. The number of carbonyl (C=O) groups excluding carboxylic acids is 5. The molecule has 11 nitrogen and oxygen atoms in total. The van der Waals surface area contributed by atoms with Crippen LogP contribution < -0.4 is 20.7 Å². The number of aromatic nitrogens is 1. The van der Waals surface area contributed by atoms with Gasteiger partial charge in [-0.2, -0.15) is 0 Å². The first kappa shape index (κ1) is 32.2. The molecule has 1 saturated heterocycles. The zero-order valence-corrected chi connectivity index (χ0v) is 25.7. The molecule has 1 unspecified atom stereocenters. The first-order chi connectivity index (χ1) is 21.0. The number of methoxy groups -OCH3 is 1. The highest BCUT2D eigenvalue weighted by Gasteiger charge is 2.34. The van der Waals surface area contributed by atoms with Gasteiger partial charge in [-0.25, -0.2) is 4.79 Å². The van der Waals surface area contributed by atoms with Crippen molar-refractivity contribution in [2.24, 2.45) is 11.8 Å². The third-order valence-corrected chi connectivity index (χ3v) is 7.84. The van der Waals surface area contributed by atoms with Gasteiger partial charge in [-0.05, 0) is 68.4 Å². The summed E-state index contributed by atoms with van der Waals surface area (Å²) in [6, 6.07) is 10.4. The number of amides is 3. The Balaban J connectivity index is 1.50. The molecule has 0 aliphatic carbocycles. The fourth-order valence-electron chi connectivity index (χ4n) is 5.51. The van der Waals surface area contributed by atoms with Crippen LogP contribution >= 0.6 is 0 Å². The summed E-state index contributed by atoms with van der Waals surface area (Å²) < 4.78 is 10.8. The Morgan fingerprint density at radius 1 is 1.00 bits per heavy atom. The van der Waals surface area contributed by atoms with E-state index in [0.717, 1.165) is 16.5 Å². The van der Waals surface area contributed by atoms with E-state index < -0.39 is 48.2 Å². The molecule has 2 heterocycles. The van der Waals surface area contributed by atoms with Crippen LogP contribution in [0.5, 0.6) is 5.75 Å². The lowest BCUT2D eigenvalue weighted by Crippen LogP contribution is -2.53. The molecule has 4 rings (SSSR count). The lowest BCUT2D eigenvalue weighted by atomic mass is 9.95. The number of H-pyrrole nitrogens is 1. The molecule has 2 aromatic carbocycles. The van der Waals surface area contributed by atoms with Gasteiger partial charge >= 0.3 is 5.97 Å². The first-order valence-electron chi connectivity index (χ1n) is 14.8. The topological polar surface area (TPSA) is 156 Å². The number of benzene rings is 2. The SMILES string of the molecule is COc1cccc2[nH]c(C(=O)N[C@H](CC(C)C)C(=O)N[C@H](CC3CCNC3=O)C(=O)COC(=O)c3c(C)cccc3C)cc12. The fraction of sp³-hybridized carbons (Fsp3) is 0.424. The summed E-state index contributed by atoms with van der Waals surface area (Å²) in [5, 5.41) is 9.02. The van der Waals surface area contributed by atoms with Crippen molar-refractivity contribution in [3.8, 4) is 5.75 Å². The maximum absolute atomic E-state index is 13.6. The number of ether oxygens (including phenoxy) is 2. The molecule has 3 atom stereocenters. The molecule has 0 bridgehead atoms. The third-order valence-electron chi connectivity index (χ3n) is 7.84. The molecule has 3 aromatic rings. The molecule has 44 heavy (non-hydrogen) atoms. The van der Waals surface area contributed by atoms with Crippen molar-refractivity contribution in [1.82, 2.24) is 20.9 Å². The summed E-state index contributed by atoms with van der Waals surface area (Å²) in [4.78, 5) is 68.5. The van der Waals surface area contributed by atoms with Gasteiger partial charge < -0.3 is 30.4 Å². The Morgan fingerprint density at radius 2 is 1.70 bits per heavy atom. The lowest BCUT2D eigenvalue weighted by Gasteiger charge is -2.25. The minimum absolute atomic E-state index is 0.0296. The minimum Gasteiger partial charge on any atom is -0.496 e. The summed E-state index contributed by atoms with van der Waals surface area (Å²) in [7, 11) is 1.54. The zero-order chi connectivity index (χ0) is 32.0. The maximum Gasteiger partial charge on any atom is 0.339 e. The van der Waals surface area contributed by atoms with Crippen molar-refractivity contribution in [2.45, 2.75) is 59.0 Å². The smallest absolute Gasteiger partial charge is 0.339 e. The van der Waals surface area contributed by atoms with Crippen molar-refractivity contribution in [1.29, 1.82) is 0 Å². The molecule has 0 radical (unpaired) electrons. The highest BCUT2D eigenvalue weighted by Crippen LogP contribution is 2.26. The van der Waals surface area contributed by atoms with Crippen LogP contribution in [0.1, 0.15) is 65.1 Å². The summed E-state index contributed by atoms with van der Waals surface area (Å²) in [5.41, 5.74) is 2.77. The Bertz CT molecular complexity index is 1540. The van der Waals surface area contributed by atoms with Crippen LogP contribution in [0.3, 0.4) is 0 Å². The van der Waals surface area contributed by atoms with Crippen LogP contribution in [0.25, 0.3) is 10.9 Å². The van der Waals surface area contributed by atoms with Gasteiger partial charge in [0.2, 0.25) is 11.8 Å². The van der Waals surface area contributed by atoms with Gasteiger partial charge in [0.1, 0.15) is 17.5 Å². The minimum atomic E-state index is -1.11. The second kappa shape index (κ2) is 14.2. The van der Waals surface area contributed by atoms with E-state index in [1.54, 1.807) is 51.3 Å². The molecule has 1 aromatic heterocycles. The van der Waals surface area contributed by atoms with E-state index >= 15 is 0 Å². The molecule has 1 fully saturated rings. The van der Waals surface area contributed by atoms with Crippen LogP contribution in [-0.4, -0.2) is 66.8 Å². The van der Waals surface area contributed by atoms with E-state index in [1.165, 1.54) is 0 Å². The number of Topliss-reactive ketones (excluding diaryl/α,β-unsaturated/α-hetero) is 1. The molecular weight excluding hydrogens is 564 g/mol. The van der Waals surface area contributed by atoms with E-state index in [-0.39, 0.29) is 23.9 Å². The van der Waals surface area contributed by atoms with Crippen LogP contribution in [-0.2, 0) is 19.1 Å². The van der Waals surface area contributed by atoms with E-state index in [1.807, 2.05) is 26.0 Å². The fourth-order valence-corrected chi connectivity index (χ4v) is 5.51. The van der Waals surface area contributed by atoms with Crippen molar-refractivity contribution in [3.63, 3.8) is 0 Å². The van der Waals surface area contributed by atoms with Crippen LogP contribution in [0.4, 0.5) is 0 Å². The molecule has 1 aliphatic rings. The summed E-state index contributed by atoms with van der Waals surface area (Å²) in [6.07, 6.45) is 0.853. The van der Waals surface area contributed by atoms with E-state index in [2.05, 4.69) is 20.9 Å². The molecular formula is C33H40N4O7. The van der Waals surface area contributed by atoms with E-state index in [0.29, 0.717) is 36.2 Å². The number of ketones is 1. The van der Waals surface area contributed by atoms with Gasteiger partial charge in [0.15, 0.2) is 12.4 Å². The van der Waals surface area contributed by atoms with Gasteiger partial charge in [-0.15, -0.1) is 0 Å². The largest absolute Gasteiger partial charge is 0.496 e. The van der Waals surface area contributed by atoms with Crippen LogP contribution in [0.2, 0.25) is 0 Å². The third kappa shape index (κ3) is 7.64. The number of aryl methyl sites for hydroxylation is 2. The van der Waals surface area contributed by atoms with Gasteiger partial charge in [0, 0.05) is 23.4 Å². The standard InChI is InChI=1S/C33H40N4O7/c1-18(2)14-25(37-32(41)26-16-22-23(35-26)10-7-11-28(22)43-5)31(40)36-24(15-21-12-13-34-30(21)39)27(38)17-44-33(42)29-19(3)8-6-9-20(29)4/h6-11,16,18,21,24-25,35H,12-15,17H2,1-5H3,(H,34,39)(H,36,40)(H,37,41)/t21?,24-,25-/m1/s1. The molecule has 234 valence electrons. The number of nitrogens with one attached hydrogen (secondary N) is 4. The summed E-state index contributed by atoms with van der Waals surface area (Å²) in [5.74, 6) is -2.31. The number of hydrogen-bond donors (Lipinski definition) is 4. The molecule has 11 heteroatoms. The second-order valence-electron chi connectivity index (χ2n) is 11.6. The molecule has 1 aliphatic heterocycles. The number of hydrogen-bond acceptors (Lipinski definition) is 7. The predicted molar refractivity (Wildman–Crippen MR) is 164 cm³/mol. The van der Waals surface area contributed by atoms with Crippen molar-refractivity contribution >= 4 is 40.4 Å². The van der Waals surface area contributed by atoms with E-state index in [4.69, 9.17) is 9.47 Å². The number of aromatic amines is 1. The number of rotatable bonds is 13. The van der Waals surface area contributed by atoms with Crippen molar-refractivity contribution in [2.75, 3.05) is 20.3 Å². The molecule has 0 spiro atoms. The molecule has 3 amide bonds. The number of fused-ring (bicyclic) bond motifs is 1. The van der Waals surface area contributed by atoms with Crippen LogP contribution in [0.15, 0.2) is 42.5 Å². The highest BCUT2D eigenvalue weighted by atomic mass is 16.5. The van der Waals surface area contributed by atoms with Gasteiger partial charge in [0.05, 0.1) is 18.7 Å². The van der Waals surface area contributed by atoms with Gasteiger partial charge in [-0.3, -0.25) is 19.2 Å². The van der Waals surface area contributed by atoms with Crippen LogP contribution in [0, 0.1) is 25.7 Å². The normalized spacial score (nSPS) is 15.9. The maximum atomic E-state index is 13.6. The van der Waals surface area contributed by atoms with Crippen molar-refractivity contribution in [3.05, 3.63) is 64.8 Å². The summed E-state index contributed by atoms with van der Waals surface area (Å²) >= 11 is 0. The van der Waals surface area contributed by atoms with Crippen molar-refractivity contribution < 1.29 is 33.4 Å². The van der Waals surface area contributed by atoms with Gasteiger partial charge in [-0.1, -0.05) is 38.1 Å². The molecule has 0 saturated carbocycles. The second-order valence-corrected chi connectivity index (χ2v) is 11.6. The number of carbonyl (C=O) groups is 5. The quantitative estimate of drug-likeness (QED) is 0.218. The lowest BCUT2D eigenvalue weighted by molar-refractivity contribution is -0.131. The first-order valence-corrected chi connectivity index (χ1v) is 14.8. The Hall–Kier alpha value is -4.67. The van der Waals surface area contributed by atoms with E-state index in [9.17, 15) is 24.0 Å². The Kier molecular flexibility index (Phi) is 10.4. The highest BCUT2D eigenvalue weighted by molar-refractivity contribution is 6.02. The average Bonchev–Trinajstić information content (AvgIpc) is 3.60. The monoisotopic (exact) mass is 604 g/mol. The number of esters is 1. The Morgan fingerprint density at radius 3 is 2.34 bits per heavy atom. The predicted octanol–water partition coefficient (Wildman–Crippen LogP) is 3.37. The van der Waals surface area contributed by atoms with Gasteiger partial charge in [0.25, 0.3) is 5.91 Å².